The summed E-state index contributed by atoms with van der Waals surface area (Å²) in [6, 6.07) is 8.28. The Labute approximate surface area is 120 Å². The van der Waals surface area contributed by atoms with Crippen LogP contribution >= 0.6 is 11.6 Å². The van der Waals surface area contributed by atoms with Gasteiger partial charge in [-0.25, -0.2) is 4.98 Å². The van der Waals surface area contributed by atoms with Crippen molar-refractivity contribution in [2.75, 3.05) is 0 Å². The summed E-state index contributed by atoms with van der Waals surface area (Å²) in [5.41, 5.74) is 4.52. The summed E-state index contributed by atoms with van der Waals surface area (Å²) >= 11 is 6.48. The molecule has 0 aliphatic carbocycles. The predicted octanol–water partition coefficient (Wildman–Crippen LogP) is 4.88. The van der Waals surface area contributed by atoms with Gasteiger partial charge in [0.1, 0.15) is 5.82 Å². The maximum atomic E-state index is 6.48. The molecule has 2 nitrogen and oxygen atoms in total. The Hall–Kier alpha value is -1.28. The second-order valence-electron chi connectivity index (χ2n) is 5.26. The summed E-state index contributed by atoms with van der Waals surface area (Å²) in [6.45, 7) is 8.48. The van der Waals surface area contributed by atoms with E-state index >= 15 is 0 Å². The fourth-order valence-electron chi connectivity index (χ4n) is 2.20. The Morgan fingerprint density at radius 3 is 2.53 bits per heavy atom. The number of nitrogens with zero attached hydrogens (tertiary/aromatic N) is 1. The number of imidazole rings is 1. The Morgan fingerprint density at radius 2 is 1.95 bits per heavy atom. The van der Waals surface area contributed by atoms with Gasteiger partial charge in [-0.3, -0.25) is 0 Å². The molecular formula is C16H21ClN2. The average Bonchev–Trinajstić information content (AvgIpc) is 2.82. The Balaban J connectivity index is 2.47. The molecule has 3 heteroatoms. The molecule has 0 fully saturated rings. The van der Waals surface area contributed by atoms with Crippen molar-refractivity contribution in [1.29, 1.82) is 0 Å². The lowest BCUT2D eigenvalue weighted by atomic mass is 10.1. The van der Waals surface area contributed by atoms with E-state index in [4.69, 9.17) is 16.6 Å². The monoisotopic (exact) mass is 276 g/mol. The molecule has 0 saturated carbocycles. The molecule has 0 aliphatic rings. The lowest BCUT2D eigenvalue weighted by Gasteiger charge is -2.11. The molecule has 0 spiro atoms. The van der Waals surface area contributed by atoms with E-state index in [-0.39, 0.29) is 5.38 Å². The average molecular weight is 277 g/mol. The number of rotatable bonds is 4. The van der Waals surface area contributed by atoms with E-state index in [9.17, 15) is 0 Å². The lowest BCUT2D eigenvalue weighted by Crippen LogP contribution is -2.02. The van der Waals surface area contributed by atoms with Gasteiger partial charge in [0, 0.05) is 11.3 Å². The first-order chi connectivity index (χ1) is 9.04. The van der Waals surface area contributed by atoms with E-state index in [1.54, 1.807) is 0 Å². The van der Waals surface area contributed by atoms with Crippen molar-refractivity contribution in [2.24, 2.45) is 5.92 Å². The number of aromatic amines is 1. The van der Waals surface area contributed by atoms with E-state index < -0.39 is 0 Å². The molecule has 0 aliphatic heterocycles. The normalized spacial score (nSPS) is 12.9. The van der Waals surface area contributed by atoms with Crippen molar-refractivity contribution in [3.8, 4) is 11.4 Å². The Morgan fingerprint density at radius 1 is 1.26 bits per heavy atom. The molecule has 1 heterocycles. The summed E-state index contributed by atoms with van der Waals surface area (Å²) < 4.78 is 0. The molecule has 2 rings (SSSR count). The number of benzene rings is 1. The van der Waals surface area contributed by atoms with Crippen molar-refractivity contribution < 1.29 is 0 Å². The van der Waals surface area contributed by atoms with Crippen molar-refractivity contribution >= 4 is 11.6 Å². The molecule has 19 heavy (non-hydrogen) atoms. The van der Waals surface area contributed by atoms with Crippen LogP contribution < -0.4 is 0 Å². The first kappa shape index (κ1) is 14.1. The second-order valence-corrected chi connectivity index (χ2v) is 5.73. The number of aromatic nitrogens is 2. The van der Waals surface area contributed by atoms with Crippen LogP contribution in [0, 0.1) is 12.8 Å². The SMILES string of the molecule is CCc1[nH]c(-c2ccccc2C)nc1C(Cl)C(C)C. The lowest BCUT2D eigenvalue weighted by molar-refractivity contribution is 0.610. The summed E-state index contributed by atoms with van der Waals surface area (Å²) in [7, 11) is 0. The van der Waals surface area contributed by atoms with Crippen LogP contribution in [0.15, 0.2) is 24.3 Å². The fraction of sp³-hybridized carbons (Fsp3) is 0.438. The number of alkyl halides is 1. The van der Waals surface area contributed by atoms with E-state index in [0.29, 0.717) is 5.92 Å². The standard InChI is InChI=1S/C16H21ClN2/c1-5-13-15(14(17)10(2)3)19-16(18-13)12-9-7-6-8-11(12)4/h6-10,14H,5H2,1-4H3,(H,18,19). The summed E-state index contributed by atoms with van der Waals surface area (Å²) in [6.07, 6.45) is 0.921. The third-order valence-corrected chi connectivity index (χ3v) is 4.12. The number of hydrogen-bond donors (Lipinski definition) is 1. The van der Waals surface area contributed by atoms with Crippen LogP contribution in [0.3, 0.4) is 0 Å². The van der Waals surface area contributed by atoms with Crippen LogP contribution in [0.1, 0.15) is 43.1 Å². The van der Waals surface area contributed by atoms with Crippen molar-refractivity contribution in [3.63, 3.8) is 0 Å². The molecule has 1 atom stereocenters. The van der Waals surface area contributed by atoms with Crippen molar-refractivity contribution in [3.05, 3.63) is 41.2 Å². The number of halogens is 1. The van der Waals surface area contributed by atoms with Gasteiger partial charge in [-0.2, -0.15) is 0 Å². The molecule has 0 bridgehead atoms. The molecule has 0 amide bonds. The van der Waals surface area contributed by atoms with Gasteiger partial charge in [0.25, 0.3) is 0 Å². The zero-order valence-electron chi connectivity index (χ0n) is 12.0. The summed E-state index contributed by atoms with van der Waals surface area (Å²) in [5, 5.41) is -0.0380. The van der Waals surface area contributed by atoms with E-state index in [2.05, 4.69) is 44.8 Å². The highest BCUT2D eigenvalue weighted by atomic mass is 35.5. The second kappa shape index (κ2) is 5.79. The van der Waals surface area contributed by atoms with Crippen LogP contribution in [0.2, 0.25) is 0 Å². The molecule has 1 unspecified atom stereocenters. The molecule has 1 aromatic heterocycles. The third-order valence-electron chi connectivity index (χ3n) is 3.41. The van der Waals surface area contributed by atoms with Crippen LogP contribution in [0.25, 0.3) is 11.4 Å². The zero-order chi connectivity index (χ0) is 14.0. The van der Waals surface area contributed by atoms with E-state index in [1.807, 2.05) is 12.1 Å². The topological polar surface area (TPSA) is 28.7 Å². The Kier molecular flexibility index (Phi) is 4.31. The van der Waals surface area contributed by atoms with Crippen molar-refractivity contribution in [2.45, 2.75) is 39.5 Å². The minimum atomic E-state index is -0.0380. The maximum Gasteiger partial charge on any atom is 0.138 e. The van der Waals surface area contributed by atoms with Gasteiger partial charge in [0.15, 0.2) is 0 Å². The van der Waals surface area contributed by atoms with E-state index in [1.165, 1.54) is 5.56 Å². The van der Waals surface area contributed by atoms with Gasteiger partial charge in [0.05, 0.1) is 11.1 Å². The van der Waals surface area contributed by atoms with Crippen LogP contribution in [0.4, 0.5) is 0 Å². The molecule has 1 N–H and O–H groups in total. The molecule has 0 saturated heterocycles. The van der Waals surface area contributed by atoms with E-state index in [0.717, 1.165) is 29.2 Å². The van der Waals surface area contributed by atoms with Gasteiger partial charge in [-0.05, 0) is 24.8 Å². The first-order valence-corrected chi connectivity index (χ1v) is 7.27. The molecule has 2 aromatic rings. The van der Waals surface area contributed by atoms with Crippen molar-refractivity contribution in [1.82, 2.24) is 9.97 Å². The largest absolute Gasteiger partial charge is 0.342 e. The van der Waals surface area contributed by atoms with Gasteiger partial charge < -0.3 is 4.98 Å². The molecular weight excluding hydrogens is 256 g/mol. The number of H-pyrrole nitrogens is 1. The molecule has 102 valence electrons. The highest BCUT2D eigenvalue weighted by Gasteiger charge is 2.21. The Bertz CT molecular complexity index is 558. The van der Waals surface area contributed by atoms with Gasteiger partial charge in [0.2, 0.25) is 0 Å². The number of nitrogens with one attached hydrogen (secondary N) is 1. The van der Waals surface area contributed by atoms with Gasteiger partial charge in [-0.15, -0.1) is 11.6 Å². The first-order valence-electron chi connectivity index (χ1n) is 6.83. The fourth-order valence-corrected chi connectivity index (χ4v) is 2.38. The summed E-state index contributed by atoms with van der Waals surface area (Å²) in [4.78, 5) is 8.17. The molecule has 0 radical (unpaired) electrons. The minimum absolute atomic E-state index is 0.0380. The van der Waals surface area contributed by atoms with Gasteiger partial charge in [-0.1, -0.05) is 45.0 Å². The zero-order valence-corrected chi connectivity index (χ0v) is 12.8. The third kappa shape index (κ3) is 2.84. The predicted molar refractivity (Wildman–Crippen MR) is 81.6 cm³/mol. The number of aryl methyl sites for hydroxylation is 2. The quantitative estimate of drug-likeness (QED) is 0.792. The smallest absolute Gasteiger partial charge is 0.138 e. The summed E-state index contributed by atoms with van der Waals surface area (Å²) in [5.74, 6) is 1.30. The highest BCUT2D eigenvalue weighted by molar-refractivity contribution is 6.20. The maximum absolute atomic E-state index is 6.48. The molecule has 1 aromatic carbocycles. The minimum Gasteiger partial charge on any atom is -0.342 e. The number of hydrogen-bond acceptors (Lipinski definition) is 1. The highest BCUT2D eigenvalue weighted by Crippen LogP contribution is 2.32. The van der Waals surface area contributed by atoms with Gasteiger partial charge >= 0.3 is 0 Å². The van der Waals surface area contributed by atoms with Crippen LogP contribution in [-0.2, 0) is 6.42 Å². The van der Waals surface area contributed by atoms with Crippen LogP contribution in [-0.4, -0.2) is 9.97 Å². The van der Waals surface area contributed by atoms with Crippen LogP contribution in [0.5, 0.6) is 0 Å².